The van der Waals surface area contributed by atoms with Crippen LogP contribution in [0, 0.1) is 5.41 Å². The molecular weight excluding hydrogens is 350 g/mol. The van der Waals surface area contributed by atoms with E-state index in [0.717, 1.165) is 51.9 Å². The molecule has 0 unspecified atom stereocenters. The number of likely N-dealkylation sites (tertiary alicyclic amines) is 1. The third-order valence-electron chi connectivity index (χ3n) is 6.25. The van der Waals surface area contributed by atoms with Crippen molar-refractivity contribution in [2.75, 3.05) is 39.3 Å². The molecule has 142 valence electrons. The molecule has 6 nitrogen and oxygen atoms in total. The second-order valence-electron chi connectivity index (χ2n) is 7.85. The topological polar surface area (TPSA) is 69.7 Å². The summed E-state index contributed by atoms with van der Waals surface area (Å²) in [6.45, 7) is 4.91. The molecule has 4 rings (SSSR count). The first kappa shape index (κ1) is 17.9. The molecule has 3 heterocycles. The molecule has 3 saturated heterocycles. The molecule has 0 aliphatic carbocycles. The van der Waals surface area contributed by atoms with Gasteiger partial charge in [0.2, 0.25) is 10.0 Å². The Hall–Kier alpha value is -1.44. The first-order valence-corrected chi connectivity index (χ1v) is 11.0. The van der Waals surface area contributed by atoms with Crippen LogP contribution < -0.4 is 5.32 Å². The number of hydrogen-bond donors (Lipinski definition) is 1. The number of sulfonamides is 1. The van der Waals surface area contributed by atoms with E-state index in [1.165, 1.54) is 10.7 Å². The van der Waals surface area contributed by atoms with E-state index in [4.69, 9.17) is 0 Å². The normalized spacial score (nSPS) is 23.6. The van der Waals surface area contributed by atoms with Crippen LogP contribution in [0.4, 0.5) is 0 Å². The van der Waals surface area contributed by atoms with Gasteiger partial charge in [0.15, 0.2) is 0 Å². The number of carbonyl (C=O) groups is 1. The van der Waals surface area contributed by atoms with E-state index in [1.54, 1.807) is 24.3 Å². The van der Waals surface area contributed by atoms with Gasteiger partial charge >= 0.3 is 0 Å². The van der Waals surface area contributed by atoms with Crippen molar-refractivity contribution >= 4 is 15.9 Å². The number of nitrogens with one attached hydrogen (secondary N) is 1. The number of rotatable bonds is 3. The Kier molecular flexibility index (Phi) is 4.79. The second kappa shape index (κ2) is 6.94. The quantitative estimate of drug-likeness (QED) is 0.870. The smallest absolute Gasteiger partial charge is 0.253 e. The van der Waals surface area contributed by atoms with Crippen LogP contribution in [0.2, 0.25) is 0 Å². The van der Waals surface area contributed by atoms with E-state index in [1.807, 2.05) is 4.90 Å². The first-order valence-electron chi connectivity index (χ1n) is 9.61. The Morgan fingerprint density at radius 1 is 0.962 bits per heavy atom. The zero-order valence-corrected chi connectivity index (χ0v) is 15.9. The molecule has 1 aromatic carbocycles. The van der Waals surface area contributed by atoms with E-state index >= 15 is 0 Å². The molecule has 1 amide bonds. The summed E-state index contributed by atoms with van der Waals surface area (Å²) in [6.07, 6.45) is 5.14. The first-order chi connectivity index (χ1) is 12.5. The SMILES string of the molecule is O=C(c1ccc(S(=O)(=O)N2CCCC2)cc1)N1CCC2(CCNC2)CC1. The predicted molar refractivity (Wildman–Crippen MR) is 99.5 cm³/mol. The van der Waals surface area contributed by atoms with Gasteiger partial charge in [-0.2, -0.15) is 4.31 Å². The van der Waals surface area contributed by atoms with Crippen LogP contribution in [0.25, 0.3) is 0 Å². The Morgan fingerprint density at radius 3 is 2.19 bits per heavy atom. The molecule has 7 heteroatoms. The minimum Gasteiger partial charge on any atom is -0.339 e. The van der Waals surface area contributed by atoms with Crippen molar-refractivity contribution in [3.63, 3.8) is 0 Å². The summed E-state index contributed by atoms with van der Waals surface area (Å²) < 4.78 is 26.7. The average Bonchev–Trinajstić information content (AvgIpc) is 3.35. The highest BCUT2D eigenvalue weighted by Crippen LogP contribution is 2.37. The molecular formula is C19H27N3O3S. The Labute approximate surface area is 155 Å². The van der Waals surface area contributed by atoms with Crippen molar-refractivity contribution in [3.05, 3.63) is 29.8 Å². The molecule has 1 spiro atoms. The summed E-state index contributed by atoms with van der Waals surface area (Å²) in [5.74, 6) is 0.0101. The van der Waals surface area contributed by atoms with Gasteiger partial charge in [0.1, 0.15) is 0 Å². The Balaban J connectivity index is 1.43. The molecule has 1 N–H and O–H groups in total. The van der Waals surface area contributed by atoms with Crippen molar-refractivity contribution in [2.45, 2.75) is 37.0 Å². The van der Waals surface area contributed by atoms with Crippen LogP contribution in [-0.2, 0) is 10.0 Å². The summed E-state index contributed by atoms with van der Waals surface area (Å²) >= 11 is 0. The van der Waals surface area contributed by atoms with Crippen LogP contribution in [0.15, 0.2) is 29.2 Å². The zero-order valence-electron chi connectivity index (χ0n) is 15.1. The van der Waals surface area contributed by atoms with Crippen molar-refractivity contribution in [1.82, 2.24) is 14.5 Å². The highest BCUT2D eigenvalue weighted by atomic mass is 32.2. The summed E-state index contributed by atoms with van der Waals surface area (Å²) in [4.78, 5) is 15.0. The lowest BCUT2D eigenvalue weighted by Gasteiger charge is -2.38. The zero-order chi connectivity index (χ0) is 18.2. The fourth-order valence-corrected chi connectivity index (χ4v) is 5.95. The van der Waals surface area contributed by atoms with E-state index in [9.17, 15) is 13.2 Å². The van der Waals surface area contributed by atoms with E-state index in [0.29, 0.717) is 24.1 Å². The van der Waals surface area contributed by atoms with Gasteiger partial charge in [-0.15, -0.1) is 0 Å². The van der Waals surface area contributed by atoms with Gasteiger partial charge in [0.25, 0.3) is 5.91 Å². The minimum atomic E-state index is -3.42. The van der Waals surface area contributed by atoms with Gasteiger partial charge in [-0.25, -0.2) is 8.42 Å². The fraction of sp³-hybridized carbons (Fsp3) is 0.632. The predicted octanol–water partition coefficient (Wildman–Crippen LogP) is 1.69. The molecule has 0 atom stereocenters. The van der Waals surface area contributed by atoms with E-state index in [-0.39, 0.29) is 10.8 Å². The monoisotopic (exact) mass is 377 g/mol. The number of benzene rings is 1. The van der Waals surface area contributed by atoms with Gasteiger partial charge < -0.3 is 10.2 Å². The summed E-state index contributed by atoms with van der Waals surface area (Å²) in [7, 11) is -3.42. The van der Waals surface area contributed by atoms with E-state index < -0.39 is 10.0 Å². The molecule has 0 saturated carbocycles. The molecule has 3 aliphatic heterocycles. The van der Waals surface area contributed by atoms with Gasteiger partial charge in [-0.3, -0.25) is 4.79 Å². The van der Waals surface area contributed by atoms with Crippen molar-refractivity contribution in [3.8, 4) is 0 Å². The highest BCUT2D eigenvalue weighted by Gasteiger charge is 2.38. The number of hydrogen-bond acceptors (Lipinski definition) is 4. The van der Waals surface area contributed by atoms with Crippen LogP contribution >= 0.6 is 0 Å². The van der Waals surface area contributed by atoms with Gasteiger partial charge in [0.05, 0.1) is 4.90 Å². The fourth-order valence-electron chi connectivity index (χ4n) is 4.44. The van der Waals surface area contributed by atoms with Crippen LogP contribution in [-0.4, -0.2) is 62.8 Å². The summed E-state index contributed by atoms with van der Waals surface area (Å²) in [5.41, 5.74) is 0.954. The van der Waals surface area contributed by atoms with Crippen molar-refractivity contribution in [2.24, 2.45) is 5.41 Å². The molecule has 0 bridgehead atoms. The maximum absolute atomic E-state index is 12.8. The molecule has 1 aromatic rings. The maximum Gasteiger partial charge on any atom is 0.253 e. The summed E-state index contributed by atoms with van der Waals surface area (Å²) in [6, 6.07) is 6.47. The molecule has 0 radical (unpaired) electrons. The minimum absolute atomic E-state index is 0.0101. The maximum atomic E-state index is 12.8. The van der Waals surface area contributed by atoms with Gasteiger partial charge in [0, 0.05) is 38.3 Å². The lowest BCUT2D eigenvalue weighted by atomic mass is 9.78. The van der Waals surface area contributed by atoms with Gasteiger partial charge in [-0.05, 0) is 68.3 Å². The molecule has 26 heavy (non-hydrogen) atoms. The number of amides is 1. The van der Waals surface area contributed by atoms with Crippen molar-refractivity contribution in [1.29, 1.82) is 0 Å². The standard InChI is InChI=1S/C19H27N3O3S/c23-18(21-13-8-19(9-14-21)7-10-20-15-19)16-3-5-17(6-4-16)26(24,25)22-11-1-2-12-22/h3-6,20H,1-2,7-15H2. The molecule has 0 aromatic heterocycles. The average molecular weight is 378 g/mol. The lowest BCUT2D eigenvalue weighted by molar-refractivity contribution is 0.0607. The Morgan fingerprint density at radius 2 is 1.62 bits per heavy atom. The van der Waals surface area contributed by atoms with E-state index in [2.05, 4.69) is 5.32 Å². The Bertz CT molecular complexity index is 754. The highest BCUT2D eigenvalue weighted by molar-refractivity contribution is 7.89. The second-order valence-corrected chi connectivity index (χ2v) is 9.79. The number of piperidine rings is 1. The summed E-state index contributed by atoms with van der Waals surface area (Å²) in [5, 5.41) is 3.44. The largest absolute Gasteiger partial charge is 0.339 e. The third kappa shape index (κ3) is 3.28. The number of nitrogens with zero attached hydrogens (tertiary/aromatic N) is 2. The molecule has 3 aliphatic rings. The number of carbonyl (C=O) groups excluding carboxylic acids is 1. The van der Waals surface area contributed by atoms with Crippen LogP contribution in [0.1, 0.15) is 42.5 Å². The van der Waals surface area contributed by atoms with Crippen molar-refractivity contribution < 1.29 is 13.2 Å². The van der Waals surface area contributed by atoms with Crippen LogP contribution in [0.5, 0.6) is 0 Å². The lowest BCUT2D eigenvalue weighted by Crippen LogP contribution is -2.44. The molecule has 3 fully saturated rings. The van der Waals surface area contributed by atoms with Gasteiger partial charge in [-0.1, -0.05) is 0 Å². The van der Waals surface area contributed by atoms with Crippen LogP contribution in [0.3, 0.4) is 0 Å². The third-order valence-corrected chi connectivity index (χ3v) is 8.16.